The molecule has 4 heterocycles. The predicted octanol–water partition coefficient (Wildman–Crippen LogP) is 2.59. The lowest BCUT2D eigenvalue weighted by Crippen LogP contribution is -2.38. The Kier molecular flexibility index (Phi) is 4.89. The van der Waals surface area contributed by atoms with Crippen molar-refractivity contribution < 1.29 is 9.53 Å². The summed E-state index contributed by atoms with van der Waals surface area (Å²) in [5.74, 6) is 2.00. The zero-order chi connectivity index (χ0) is 20.7. The van der Waals surface area contributed by atoms with E-state index in [-0.39, 0.29) is 12.0 Å². The van der Waals surface area contributed by atoms with Gasteiger partial charge < -0.3 is 19.5 Å². The Morgan fingerprint density at radius 1 is 1.37 bits per heavy atom. The Morgan fingerprint density at radius 2 is 2.17 bits per heavy atom. The molecular weight excluding hydrogens is 404 g/mol. The van der Waals surface area contributed by atoms with Crippen molar-refractivity contribution in [3.8, 4) is 6.01 Å². The van der Waals surface area contributed by atoms with Gasteiger partial charge in [0.25, 0.3) is 0 Å². The number of hydrogen-bond donors (Lipinski definition) is 2. The fraction of sp³-hybridized carbons (Fsp3) is 0.526. The third kappa shape index (κ3) is 3.32. The van der Waals surface area contributed by atoms with Crippen LogP contribution in [-0.4, -0.2) is 68.0 Å². The third-order valence-corrected chi connectivity index (χ3v) is 6.82. The van der Waals surface area contributed by atoms with Gasteiger partial charge in [-0.3, -0.25) is 5.32 Å². The van der Waals surface area contributed by atoms with Crippen LogP contribution in [0.1, 0.15) is 19.8 Å². The van der Waals surface area contributed by atoms with Gasteiger partial charge in [-0.2, -0.15) is 4.98 Å². The summed E-state index contributed by atoms with van der Waals surface area (Å²) >= 11 is 1.12. The van der Waals surface area contributed by atoms with Crippen molar-refractivity contribution in [3.63, 3.8) is 0 Å². The molecule has 0 aromatic carbocycles. The van der Waals surface area contributed by atoms with Crippen LogP contribution in [0.15, 0.2) is 18.6 Å². The van der Waals surface area contributed by atoms with E-state index in [0.717, 1.165) is 60.9 Å². The van der Waals surface area contributed by atoms with Gasteiger partial charge in [0, 0.05) is 43.4 Å². The molecule has 1 aliphatic heterocycles. The van der Waals surface area contributed by atoms with Crippen LogP contribution in [0.3, 0.4) is 0 Å². The van der Waals surface area contributed by atoms with E-state index in [1.165, 1.54) is 7.11 Å². The summed E-state index contributed by atoms with van der Waals surface area (Å²) in [6.07, 6.45) is 5.65. The smallest absolute Gasteiger partial charge is 0.329 e. The van der Waals surface area contributed by atoms with Gasteiger partial charge in [0.15, 0.2) is 0 Å². The van der Waals surface area contributed by atoms with Gasteiger partial charge >= 0.3 is 12.0 Å². The van der Waals surface area contributed by atoms with E-state index in [2.05, 4.69) is 41.4 Å². The number of carbonyl (C=O) groups is 1. The Morgan fingerprint density at radius 3 is 2.87 bits per heavy atom. The van der Waals surface area contributed by atoms with Gasteiger partial charge in [-0.25, -0.2) is 14.8 Å². The second-order valence-electron chi connectivity index (χ2n) is 7.79. The van der Waals surface area contributed by atoms with Crippen molar-refractivity contribution in [1.29, 1.82) is 0 Å². The minimum atomic E-state index is -0.114. The highest BCUT2D eigenvalue weighted by molar-refractivity contribution is 7.10. The number of nitrogens with zero attached hydrogens (tertiary/aromatic N) is 6. The zero-order valence-electron chi connectivity index (χ0n) is 16.9. The van der Waals surface area contributed by atoms with Crippen LogP contribution in [0.4, 0.5) is 15.7 Å². The Balaban J connectivity index is 1.24. The lowest BCUT2D eigenvalue weighted by atomic mass is 10.0. The molecule has 0 bridgehead atoms. The Bertz CT molecular complexity index is 1040. The number of aromatic nitrogens is 5. The lowest BCUT2D eigenvalue weighted by Gasteiger charge is -2.30. The van der Waals surface area contributed by atoms with Crippen LogP contribution in [0.5, 0.6) is 6.01 Å². The minimum absolute atomic E-state index is 0.114. The number of hydrogen-bond acceptors (Lipinski definition) is 8. The topological polar surface area (TPSA) is 112 Å². The molecule has 3 atom stereocenters. The van der Waals surface area contributed by atoms with Gasteiger partial charge in [0.1, 0.15) is 17.8 Å². The van der Waals surface area contributed by atoms with E-state index >= 15 is 0 Å². The molecule has 2 aliphatic rings. The summed E-state index contributed by atoms with van der Waals surface area (Å²) in [7, 11) is 1.51. The number of amides is 2. The number of nitrogens with one attached hydrogen (secondary N) is 2. The van der Waals surface area contributed by atoms with E-state index in [9.17, 15) is 4.79 Å². The maximum Gasteiger partial charge on any atom is 0.329 e. The average molecular weight is 429 g/mol. The monoisotopic (exact) mass is 428 g/mol. The molecule has 1 saturated heterocycles. The largest absolute Gasteiger partial charge is 0.466 e. The van der Waals surface area contributed by atoms with E-state index in [4.69, 9.17) is 4.74 Å². The van der Waals surface area contributed by atoms with E-state index in [1.807, 2.05) is 17.2 Å². The number of ether oxygens (including phenoxy) is 1. The molecule has 0 radical (unpaired) electrons. The van der Waals surface area contributed by atoms with Gasteiger partial charge in [-0.1, -0.05) is 0 Å². The third-order valence-electron chi connectivity index (χ3n) is 6.20. The van der Waals surface area contributed by atoms with Gasteiger partial charge in [-0.05, 0) is 37.7 Å². The fourth-order valence-corrected chi connectivity index (χ4v) is 5.40. The van der Waals surface area contributed by atoms with Gasteiger partial charge in [-0.15, -0.1) is 4.37 Å². The summed E-state index contributed by atoms with van der Waals surface area (Å²) in [4.78, 5) is 33.1. The van der Waals surface area contributed by atoms with E-state index in [0.29, 0.717) is 23.0 Å². The van der Waals surface area contributed by atoms with Gasteiger partial charge in [0.2, 0.25) is 5.13 Å². The van der Waals surface area contributed by atoms with Gasteiger partial charge in [0.05, 0.1) is 12.5 Å². The normalized spacial score (nSPS) is 23.0. The Labute approximate surface area is 177 Å². The number of likely N-dealkylation sites (tertiary alicyclic amines) is 1. The molecule has 3 aromatic rings. The number of rotatable bonds is 5. The molecule has 1 saturated carbocycles. The molecule has 158 valence electrons. The van der Waals surface area contributed by atoms with Crippen LogP contribution in [0.25, 0.3) is 11.0 Å². The highest BCUT2D eigenvalue weighted by Gasteiger charge is 2.44. The first-order valence-electron chi connectivity index (χ1n) is 10.1. The predicted molar refractivity (Wildman–Crippen MR) is 114 cm³/mol. The number of urea groups is 1. The van der Waals surface area contributed by atoms with E-state index in [1.54, 1.807) is 6.33 Å². The summed E-state index contributed by atoms with van der Waals surface area (Å²) in [5, 5.41) is 4.36. The standard InChI is InChI=1S/C19H24N8O2S/c1-3-27(16-14-4-5-20-15(14)21-10-22-16)13-6-11-8-26(9-12(11)7-13)19(28)24-18-23-17(29-2)25-30-18/h4-5,10-13H,3,6-9H2,1-2H3,(H,20,21,22)(H,23,24,25,28)/t11-,12?,13+/m0/s1. The molecule has 1 aliphatic carbocycles. The summed E-state index contributed by atoms with van der Waals surface area (Å²) in [6, 6.07) is 2.63. The fourth-order valence-electron chi connectivity index (χ4n) is 4.87. The molecule has 5 rings (SSSR count). The van der Waals surface area contributed by atoms with Crippen molar-refractivity contribution in [2.24, 2.45) is 11.8 Å². The van der Waals surface area contributed by atoms with Crippen LogP contribution < -0.4 is 15.0 Å². The molecule has 0 spiro atoms. The molecule has 1 unspecified atom stereocenters. The zero-order valence-corrected chi connectivity index (χ0v) is 17.7. The molecule has 11 heteroatoms. The van der Waals surface area contributed by atoms with Crippen molar-refractivity contribution in [2.45, 2.75) is 25.8 Å². The first-order valence-corrected chi connectivity index (χ1v) is 10.9. The summed E-state index contributed by atoms with van der Waals surface area (Å²) in [5.41, 5.74) is 0.868. The highest BCUT2D eigenvalue weighted by atomic mass is 32.1. The molecule has 30 heavy (non-hydrogen) atoms. The van der Waals surface area contributed by atoms with Crippen LogP contribution in [-0.2, 0) is 0 Å². The molecule has 2 N–H and O–H groups in total. The number of H-pyrrole nitrogens is 1. The molecule has 2 amide bonds. The first-order chi connectivity index (χ1) is 14.7. The quantitative estimate of drug-likeness (QED) is 0.642. The average Bonchev–Trinajstić information content (AvgIpc) is 3.51. The summed E-state index contributed by atoms with van der Waals surface area (Å²) in [6.45, 7) is 4.60. The number of aromatic amines is 1. The van der Waals surface area contributed by atoms with Crippen molar-refractivity contribution >= 4 is 39.5 Å². The second-order valence-corrected chi connectivity index (χ2v) is 8.54. The number of fused-ring (bicyclic) bond motifs is 2. The number of methoxy groups -OCH3 is 1. The maximum atomic E-state index is 12.6. The van der Waals surface area contributed by atoms with Crippen molar-refractivity contribution in [2.75, 3.05) is 37.0 Å². The number of anilines is 2. The SMILES string of the molecule is CCN(c1ncnc2[nH]ccc12)[C@H]1CC2CN(C(=O)Nc3nc(OC)ns3)C[C@@H]2C1. The second kappa shape index (κ2) is 7.71. The first kappa shape index (κ1) is 19.0. The molecular formula is C19H24N8O2S. The summed E-state index contributed by atoms with van der Waals surface area (Å²) < 4.78 is 8.99. The van der Waals surface area contributed by atoms with E-state index < -0.39 is 0 Å². The van der Waals surface area contributed by atoms with Crippen molar-refractivity contribution in [1.82, 2.24) is 29.2 Å². The maximum absolute atomic E-state index is 12.6. The van der Waals surface area contributed by atoms with Crippen LogP contribution in [0, 0.1) is 11.8 Å². The highest BCUT2D eigenvalue weighted by Crippen LogP contribution is 2.42. The van der Waals surface area contributed by atoms with Crippen LogP contribution in [0.2, 0.25) is 0 Å². The lowest BCUT2D eigenvalue weighted by molar-refractivity contribution is 0.218. The minimum Gasteiger partial charge on any atom is -0.466 e. The molecule has 2 fully saturated rings. The Hall–Kier alpha value is -2.95. The molecule has 10 nitrogen and oxygen atoms in total. The van der Waals surface area contributed by atoms with Crippen LogP contribution >= 0.6 is 11.5 Å². The van der Waals surface area contributed by atoms with Crippen molar-refractivity contribution in [3.05, 3.63) is 18.6 Å². The molecule has 3 aromatic heterocycles. The number of carbonyl (C=O) groups excluding carboxylic acids is 1.